The van der Waals surface area contributed by atoms with Crippen molar-refractivity contribution in [3.05, 3.63) is 88.1 Å². The second kappa shape index (κ2) is 9.02. The molecule has 0 saturated heterocycles. The van der Waals surface area contributed by atoms with Crippen molar-refractivity contribution >= 4 is 40.3 Å². The summed E-state index contributed by atoms with van der Waals surface area (Å²) < 4.78 is 0. The number of carbonyl (C=O) groups is 1. The van der Waals surface area contributed by atoms with Gasteiger partial charge in [-0.15, -0.1) is 23.2 Å². The molecule has 160 valence electrons. The Bertz CT molecular complexity index is 1100. The van der Waals surface area contributed by atoms with Crippen LogP contribution in [0.4, 0.5) is 0 Å². The Morgan fingerprint density at radius 1 is 1.13 bits per heavy atom. The lowest BCUT2D eigenvalue weighted by molar-refractivity contribution is 0.106. The average Bonchev–Trinajstić information content (AvgIpc) is 3.07. The van der Waals surface area contributed by atoms with Crippen LogP contribution < -0.4 is 5.32 Å². The van der Waals surface area contributed by atoms with Crippen LogP contribution in [0.3, 0.4) is 0 Å². The third-order valence-electron chi connectivity index (χ3n) is 6.54. The van der Waals surface area contributed by atoms with Crippen LogP contribution in [-0.2, 0) is 5.41 Å². The van der Waals surface area contributed by atoms with Crippen molar-refractivity contribution in [3.8, 4) is 0 Å². The molecule has 2 N–H and O–H groups in total. The van der Waals surface area contributed by atoms with E-state index in [1.807, 2.05) is 55.6 Å². The molecule has 1 heterocycles. The zero-order valence-electron chi connectivity index (χ0n) is 17.6. The molecule has 1 atom stereocenters. The Morgan fingerprint density at radius 3 is 2.68 bits per heavy atom. The highest BCUT2D eigenvalue weighted by molar-refractivity contribution is 6.50. The van der Waals surface area contributed by atoms with E-state index < -0.39 is 0 Å². The number of aryl methyl sites for hydroxylation is 1. The van der Waals surface area contributed by atoms with Crippen LogP contribution in [0.1, 0.15) is 51.9 Å². The summed E-state index contributed by atoms with van der Waals surface area (Å²) in [6.45, 7) is 2.69. The highest BCUT2D eigenvalue weighted by Gasteiger charge is 2.44. The first-order chi connectivity index (χ1) is 15.0. The molecule has 4 rings (SSSR count). The monoisotopic (exact) mass is 452 g/mol. The number of alkyl halides is 2. The summed E-state index contributed by atoms with van der Waals surface area (Å²) in [6.07, 6.45) is 6.64. The van der Waals surface area contributed by atoms with Gasteiger partial charge in [0.15, 0.2) is 0 Å². The van der Waals surface area contributed by atoms with E-state index in [1.165, 1.54) is 11.1 Å². The van der Waals surface area contributed by atoms with Gasteiger partial charge in [0.2, 0.25) is 5.78 Å². The minimum Gasteiger partial charge on any atom is -0.387 e. The van der Waals surface area contributed by atoms with E-state index in [4.69, 9.17) is 28.6 Å². The summed E-state index contributed by atoms with van der Waals surface area (Å²) in [5, 5.41) is 11.9. The molecule has 0 aromatic heterocycles. The fraction of sp³-hybridized carbons (Fsp3) is 0.308. The normalized spacial score (nSPS) is 19.1. The Labute approximate surface area is 193 Å². The molecule has 1 aliphatic heterocycles. The van der Waals surface area contributed by atoms with Crippen LogP contribution in [-0.4, -0.2) is 29.8 Å². The van der Waals surface area contributed by atoms with E-state index >= 15 is 0 Å². The van der Waals surface area contributed by atoms with E-state index in [0.29, 0.717) is 22.9 Å². The van der Waals surface area contributed by atoms with Crippen LogP contribution in [0.25, 0.3) is 5.57 Å². The maximum Gasteiger partial charge on any atom is 0.211 e. The van der Waals surface area contributed by atoms with E-state index in [1.54, 1.807) is 0 Å². The molecule has 2 aromatic rings. The number of benzene rings is 2. The standard InChI is InChI=1S/C26H26Cl2N2O/c1-17-5-2-3-6-19(17)24(29)25(31)18-7-8-20-21-9-14-30-16-23(21)26(11-13-28,10-4-12-27)22(20)15-18/h2-3,5-9,14-15,29-30H,4,10-13,16H2,1H3. The fourth-order valence-corrected chi connectivity index (χ4v) is 5.46. The van der Waals surface area contributed by atoms with Crippen molar-refractivity contribution < 1.29 is 4.79 Å². The van der Waals surface area contributed by atoms with Crippen LogP contribution in [0.5, 0.6) is 0 Å². The number of hydrogen-bond donors (Lipinski definition) is 2. The Morgan fingerprint density at radius 2 is 1.94 bits per heavy atom. The van der Waals surface area contributed by atoms with Gasteiger partial charge in [0.05, 0.1) is 0 Å². The van der Waals surface area contributed by atoms with Gasteiger partial charge in [0.25, 0.3) is 0 Å². The molecule has 0 amide bonds. The van der Waals surface area contributed by atoms with Gasteiger partial charge in [0, 0.05) is 34.8 Å². The molecular weight excluding hydrogens is 427 g/mol. The molecule has 1 aliphatic carbocycles. The molecular formula is C26H26Cl2N2O. The Kier molecular flexibility index (Phi) is 6.36. The lowest BCUT2D eigenvalue weighted by atomic mass is 9.71. The summed E-state index contributed by atoms with van der Waals surface area (Å²) in [4.78, 5) is 13.3. The molecule has 1 unspecified atom stereocenters. The summed E-state index contributed by atoms with van der Waals surface area (Å²) >= 11 is 12.4. The van der Waals surface area contributed by atoms with Gasteiger partial charge in [0.1, 0.15) is 5.71 Å². The van der Waals surface area contributed by atoms with Crippen molar-refractivity contribution in [2.75, 3.05) is 18.3 Å². The number of halogens is 2. The number of hydrogen-bond acceptors (Lipinski definition) is 3. The fourth-order valence-electron chi connectivity index (χ4n) is 5.00. The summed E-state index contributed by atoms with van der Waals surface area (Å²) in [5.41, 5.74) is 6.79. The SMILES string of the molecule is Cc1ccccc1C(=N)C(=O)c1ccc2c(c1)C(CCCl)(CCCCl)C1=C2C=CNC1. The zero-order valence-corrected chi connectivity index (χ0v) is 19.1. The largest absolute Gasteiger partial charge is 0.387 e. The second-order valence-corrected chi connectivity index (χ2v) is 8.96. The third-order valence-corrected chi connectivity index (χ3v) is 6.99. The van der Waals surface area contributed by atoms with Crippen molar-refractivity contribution in [2.24, 2.45) is 0 Å². The van der Waals surface area contributed by atoms with E-state index in [2.05, 4.69) is 11.4 Å². The molecule has 5 heteroatoms. The van der Waals surface area contributed by atoms with E-state index in [-0.39, 0.29) is 16.9 Å². The predicted octanol–water partition coefficient (Wildman–Crippen LogP) is 6.02. The summed E-state index contributed by atoms with van der Waals surface area (Å²) in [5.74, 6) is 0.856. The first kappa shape index (κ1) is 21.9. The third kappa shape index (κ3) is 3.75. The number of carbonyl (C=O) groups excluding carboxylic acids is 1. The van der Waals surface area contributed by atoms with Gasteiger partial charge in [-0.25, -0.2) is 0 Å². The first-order valence-electron chi connectivity index (χ1n) is 10.6. The Balaban J connectivity index is 1.79. The summed E-state index contributed by atoms with van der Waals surface area (Å²) in [7, 11) is 0. The quantitative estimate of drug-likeness (QED) is 0.292. The van der Waals surface area contributed by atoms with Crippen molar-refractivity contribution in [1.82, 2.24) is 5.32 Å². The van der Waals surface area contributed by atoms with E-state index in [9.17, 15) is 4.79 Å². The highest BCUT2D eigenvalue weighted by Crippen LogP contribution is 2.52. The maximum absolute atomic E-state index is 13.3. The van der Waals surface area contributed by atoms with Crippen LogP contribution >= 0.6 is 23.2 Å². The van der Waals surface area contributed by atoms with Crippen molar-refractivity contribution in [2.45, 2.75) is 31.6 Å². The average molecular weight is 453 g/mol. The van der Waals surface area contributed by atoms with Gasteiger partial charge < -0.3 is 5.32 Å². The molecule has 0 radical (unpaired) electrons. The molecule has 2 aromatic carbocycles. The highest BCUT2D eigenvalue weighted by atomic mass is 35.5. The molecule has 0 spiro atoms. The second-order valence-electron chi connectivity index (χ2n) is 8.20. The number of rotatable bonds is 8. The Hall–Kier alpha value is -2.36. The number of dihydropyridines is 1. The lowest BCUT2D eigenvalue weighted by Gasteiger charge is -2.35. The van der Waals surface area contributed by atoms with Gasteiger partial charge in [-0.05, 0) is 72.4 Å². The molecule has 3 nitrogen and oxygen atoms in total. The number of allylic oxidation sites excluding steroid dienone is 2. The zero-order chi connectivity index (χ0) is 22.0. The van der Waals surface area contributed by atoms with Gasteiger partial charge in [-0.1, -0.05) is 36.4 Å². The number of nitrogens with one attached hydrogen (secondary N) is 2. The minimum absolute atomic E-state index is 0.0269. The molecule has 0 saturated carbocycles. The molecule has 2 aliphatic rings. The number of fused-ring (bicyclic) bond motifs is 2. The lowest BCUT2D eigenvalue weighted by Crippen LogP contribution is -2.33. The van der Waals surface area contributed by atoms with Crippen LogP contribution in [0.15, 0.2) is 60.3 Å². The predicted molar refractivity (Wildman–Crippen MR) is 130 cm³/mol. The molecule has 31 heavy (non-hydrogen) atoms. The van der Waals surface area contributed by atoms with Crippen LogP contribution in [0.2, 0.25) is 0 Å². The number of Topliss-reactive ketones (excluding diaryl/α,β-unsaturated/α-hetero) is 1. The van der Waals surface area contributed by atoms with Crippen molar-refractivity contribution in [1.29, 1.82) is 5.41 Å². The van der Waals surface area contributed by atoms with Crippen LogP contribution in [0, 0.1) is 12.3 Å². The topological polar surface area (TPSA) is 53.0 Å². The molecule has 0 bridgehead atoms. The van der Waals surface area contributed by atoms with E-state index in [0.717, 1.165) is 42.5 Å². The number of ketones is 1. The smallest absolute Gasteiger partial charge is 0.211 e. The minimum atomic E-state index is -0.257. The van der Waals surface area contributed by atoms with Gasteiger partial charge >= 0.3 is 0 Å². The maximum atomic E-state index is 13.3. The van der Waals surface area contributed by atoms with Gasteiger partial charge in [-0.2, -0.15) is 0 Å². The molecule has 0 fully saturated rings. The first-order valence-corrected chi connectivity index (χ1v) is 11.7. The van der Waals surface area contributed by atoms with Gasteiger partial charge in [-0.3, -0.25) is 10.2 Å². The summed E-state index contributed by atoms with van der Waals surface area (Å²) in [6, 6.07) is 13.4. The van der Waals surface area contributed by atoms with Crippen molar-refractivity contribution in [3.63, 3.8) is 0 Å².